The lowest BCUT2D eigenvalue weighted by molar-refractivity contribution is 0.0947. The fourth-order valence-electron chi connectivity index (χ4n) is 3.21. The fraction of sp³-hybridized carbons (Fsp3) is 0.550. The highest BCUT2D eigenvalue weighted by molar-refractivity contribution is 6.05. The molecule has 1 aromatic heterocycles. The van der Waals surface area contributed by atoms with Gasteiger partial charge in [0.25, 0.3) is 5.91 Å². The van der Waals surface area contributed by atoms with Crippen LogP contribution in [0.1, 0.15) is 55.1 Å². The highest BCUT2D eigenvalue weighted by atomic mass is 16.1. The molecule has 5 heteroatoms. The lowest BCUT2D eigenvalue weighted by Gasteiger charge is -2.15. The third-order valence-electron chi connectivity index (χ3n) is 5.12. The lowest BCUT2D eigenvalue weighted by Crippen LogP contribution is -2.28. The Morgan fingerprint density at radius 1 is 1.12 bits per heavy atom. The van der Waals surface area contributed by atoms with E-state index in [2.05, 4.69) is 46.0 Å². The first kappa shape index (κ1) is 16.3. The van der Waals surface area contributed by atoms with Crippen LogP contribution in [0, 0.1) is 11.8 Å². The maximum Gasteiger partial charge on any atom is 0.274 e. The van der Waals surface area contributed by atoms with Gasteiger partial charge in [-0.3, -0.25) is 4.79 Å². The highest BCUT2D eigenvalue weighted by Crippen LogP contribution is 2.32. The van der Waals surface area contributed by atoms with Gasteiger partial charge in [-0.25, -0.2) is 0 Å². The zero-order valence-electron chi connectivity index (χ0n) is 14.8. The van der Waals surface area contributed by atoms with E-state index in [9.17, 15) is 4.79 Å². The van der Waals surface area contributed by atoms with Crippen molar-refractivity contribution in [3.8, 4) is 0 Å². The van der Waals surface area contributed by atoms with Gasteiger partial charge in [0.2, 0.25) is 0 Å². The summed E-state index contributed by atoms with van der Waals surface area (Å²) in [7, 11) is 0. The molecular formula is C20H26N4O. The van der Waals surface area contributed by atoms with Gasteiger partial charge in [-0.15, -0.1) is 10.2 Å². The van der Waals surface area contributed by atoms with Gasteiger partial charge in [-0.1, -0.05) is 31.5 Å². The van der Waals surface area contributed by atoms with Crippen LogP contribution in [0.25, 0.3) is 10.9 Å². The zero-order chi connectivity index (χ0) is 17.2. The maximum absolute atomic E-state index is 12.7. The van der Waals surface area contributed by atoms with Crippen molar-refractivity contribution < 1.29 is 4.79 Å². The minimum atomic E-state index is -0.111. The summed E-state index contributed by atoms with van der Waals surface area (Å²) in [5.74, 6) is 1.27. The smallest absolute Gasteiger partial charge is 0.274 e. The number of aryl methyl sites for hydroxylation is 1. The van der Waals surface area contributed by atoms with Crippen LogP contribution in [0.3, 0.4) is 0 Å². The van der Waals surface area contributed by atoms with Crippen LogP contribution < -0.4 is 10.6 Å². The quantitative estimate of drug-likeness (QED) is 0.772. The van der Waals surface area contributed by atoms with Crippen molar-refractivity contribution in [3.63, 3.8) is 0 Å². The van der Waals surface area contributed by atoms with E-state index in [0.717, 1.165) is 48.4 Å². The molecule has 25 heavy (non-hydrogen) atoms. The Kier molecular flexibility index (Phi) is 4.55. The molecule has 2 saturated carbocycles. The molecule has 0 bridgehead atoms. The van der Waals surface area contributed by atoms with Gasteiger partial charge in [0.15, 0.2) is 5.69 Å². The number of carbonyl (C=O) groups is 1. The summed E-state index contributed by atoms with van der Waals surface area (Å²) >= 11 is 0. The van der Waals surface area contributed by atoms with E-state index in [-0.39, 0.29) is 5.91 Å². The number of benzene rings is 1. The van der Waals surface area contributed by atoms with Crippen LogP contribution in [0.4, 0.5) is 5.69 Å². The van der Waals surface area contributed by atoms with E-state index in [4.69, 9.17) is 0 Å². The first-order valence-electron chi connectivity index (χ1n) is 9.56. The molecule has 1 amide bonds. The molecular weight excluding hydrogens is 312 g/mol. The molecule has 1 aromatic carbocycles. The van der Waals surface area contributed by atoms with Crippen molar-refractivity contribution in [2.24, 2.45) is 11.8 Å². The van der Waals surface area contributed by atoms with Crippen LogP contribution in [0.15, 0.2) is 18.2 Å². The van der Waals surface area contributed by atoms with E-state index in [1.807, 2.05) is 0 Å². The number of carbonyl (C=O) groups excluding carboxylic acids is 1. The molecule has 2 fully saturated rings. The molecule has 2 aliphatic carbocycles. The topological polar surface area (TPSA) is 66.9 Å². The second-order valence-corrected chi connectivity index (χ2v) is 7.46. The van der Waals surface area contributed by atoms with Crippen LogP contribution in [-0.2, 0) is 6.42 Å². The molecule has 1 heterocycles. The number of aromatic nitrogens is 2. The van der Waals surface area contributed by atoms with Crippen molar-refractivity contribution in [1.82, 2.24) is 15.5 Å². The standard InChI is InChI=1S/C20H26N4O/c1-2-4-15-5-3-6-16-17(15)23-24-19(18(16)21-11-13-7-8-13)20(25)22-12-14-9-10-14/h3,5-6,13-14H,2,4,7-12H2,1H3,(H,21,23)(H,22,25). The lowest BCUT2D eigenvalue weighted by atomic mass is 10.0. The number of hydrogen-bond acceptors (Lipinski definition) is 4. The molecule has 0 aliphatic heterocycles. The van der Waals surface area contributed by atoms with Crippen molar-refractivity contribution in [2.75, 3.05) is 18.4 Å². The molecule has 2 aromatic rings. The number of amides is 1. The van der Waals surface area contributed by atoms with Gasteiger partial charge in [0.05, 0.1) is 11.2 Å². The molecule has 0 saturated heterocycles. The third kappa shape index (κ3) is 3.75. The van der Waals surface area contributed by atoms with E-state index in [0.29, 0.717) is 11.6 Å². The first-order chi connectivity index (χ1) is 12.3. The Bertz CT molecular complexity index is 781. The Morgan fingerprint density at radius 3 is 2.60 bits per heavy atom. The van der Waals surface area contributed by atoms with Crippen LogP contribution in [0.5, 0.6) is 0 Å². The minimum Gasteiger partial charge on any atom is -0.382 e. The van der Waals surface area contributed by atoms with E-state index < -0.39 is 0 Å². The molecule has 0 radical (unpaired) electrons. The molecule has 132 valence electrons. The Morgan fingerprint density at radius 2 is 1.88 bits per heavy atom. The Hall–Kier alpha value is -2.17. The Balaban J connectivity index is 1.69. The van der Waals surface area contributed by atoms with Gasteiger partial charge < -0.3 is 10.6 Å². The second-order valence-electron chi connectivity index (χ2n) is 7.46. The van der Waals surface area contributed by atoms with Crippen molar-refractivity contribution in [3.05, 3.63) is 29.5 Å². The van der Waals surface area contributed by atoms with E-state index in [1.54, 1.807) is 0 Å². The zero-order valence-corrected chi connectivity index (χ0v) is 14.8. The van der Waals surface area contributed by atoms with Gasteiger partial charge in [0.1, 0.15) is 0 Å². The van der Waals surface area contributed by atoms with Gasteiger partial charge in [-0.2, -0.15) is 0 Å². The van der Waals surface area contributed by atoms with E-state index >= 15 is 0 Å². The van der Waals surface area contributed by atoms with Crippen molar-refractivity contribution in [1.29, 1.82) is 0 Å². The average molecular weight is 338 g/mol. The number of nitrogens with zero attached hydrogens (tertiary/aromatic N) is 2. The second kappa shape index (κ2) is 6.98. The number of nitrogens with one attached hydrogen (secondary N) is 2. The van der Waals surface area contributed by atoms with Crippen LogP contribution in [-0.4, -0.2) is 29.2 Å². The fourth-order valence-corrected chi connectivity index (χ4v) is 3.21. The number of rotatable bonds is 8. The molecule has 2 aliphatic rings. The molecule has 0 spiro atoms. The monoisotopic (exact) mass is 338 g/mol. The molecule has 0 atom stereocenters. The van der Waals surface area contributed by atoms with Gasteiger partial charge in [0, 0.05) is 18.5 Å². The third-order valence-corrected chi connectivity index (χ3v) is 5.12. The van der Waals surface area contributed by atoms with Crippen LogP contribution in [0.2, 0.25) is 0 Å². The summed E-state index contributed by atoms with van der Waals surface area (Å²) in [6.07, 6.45) is 7.02. The molecule has 5 nitrogen and oxygen atoms in total. The van der Waals surface area contributed by atoms with Gasteiger partial charge in [-0.05, 0) is 49.5 Å². The number of hydrogen-bond donors (Lipinski definition) is 2. The van der Waals surface area contributed by atoms with Crippen LogP contribution >= 0.6 is 0 Å². The average Bonchev–Trinajstić information content (AvgIpc) is 3.53. The summed E-state index contributed by atoms with van der Waals surface area (Å²) in [5, 5.41) is 16.3. The Labute approximate surface area is 148 Å². The normalized spacial score (nSPS) is 16.8. The summed E-state index contributed by atoms with van der Waals surface area (Å²) in [4.78, 5) is 12.7. The number of anilines is 1. The van der Waals surface area contributed by atoms with Crippen molar-refractivity contribution >= 4 is 22.5 Å². The first-order valence-corrected chi connectivity index (χ1v) is 9.56. The predicted octanol–water partition coefficient (Wildman–Crippen LogP) is 3.54. The summed E-state index contributed by atoms with van der Waals surface area (Å²) in [5.41, 5.74) is 3.40. The summed E-state index contributed by atoms with van der Waals surface area (Å²) < 4.78 is 0. The molecule has 0 unspecified atom stereocenters. The van der Waals surface area contributed by atoms with Crippen molar-refractivity contribution in [2.45, 2.75) is 45.4 Å². The summed E-state index contributed by atoms with van der Waals surface area (Å²) in [6, 6.07) is 6.22. The molecule has 4 rings (SSSR count). The maximum atomic E-state index is 12.7. The van der Waals surface area contributed by atoms with Gasteiger partial charge >= 0.3 is 0 Å². The number of fused-ring (bicyclic) bond motifs is 1. The van der Waals surface area contributed by atoms with E-state index in [1.165, 1.54) is 31.2 Å². The largest absolute Gasteiger partial charge is 0.382 e. The SMILES string of the molecule is CCCc1cccc2c(NCC3CC3)c(C(=O)NCC3CC3)nnc12. The predicted molar refractivity (Wildman–Crippen MR) is 99.8 cm³/mol. The summed E-state index contributed by atoms with van der Waals surface area (Å²) in [6.45, 7) is 3.82. The minimum absolute atomic E-state index is 0.111. The molecule has 2 N–H and O–H groups in total. The highest BCUT2D eigenvalue weighted by Gasteiger charge is 2.26.